The molecule has 0 atom stereocenters. The van der Waals surface area contributed by atoms with E-state index in [9.17, 15) is 14.0 Å². The summed E-state index contributed by atoms with van der Waals surface area (Å²) in [6.45, 7) is 7.52. The van der Waals surface area contributed by atoms with Gasteiger partial charge in [0.25, 0.3) is 11.8 Å². The summed E-state index contributed by atoms with van der Waals surface area (Å²) in [5.41, 5.74) is 3.21. The molecule has 2 aromatic heterocycles. The van der Waals surface area contributed by atoms with Gasteiger partial charge in [-0.2, -0.15) is 5.26 Å². The van der Waals surface area contributed by atoms with E-state index in [0.29, 0.717) is 113 Å². The van der Waals surface area contributed by atoms with Crippen molar-refractivity contribution in [2.75, 3.05) is 72.5 Å². The standard InChI is InChI=1S/C39H47FN6O7/c1-3-16-49-18-20-51-22-23-52-21-19-50-17-13-42-38(47)30-9-10-34-35(25-30)45(2)37(44-34)39(48)46-14-11-29(12-15-46)33-5-4-6-36(43-33)53-27-31-8-7-28(26-41)24-32(31)40/h4-10,24-25,29H,3,11-23,27H2,1-2H3,(H,42,47). The molecule has 0 unspecified atom stereocenters. The third-order valence-corrected chi connectivity index (χ3v) is 8.83. The van der Waals surface area contributed by atoms with Crippen LogP contribution < -0.4 is 10.1 Å². The molecule has 5 rings (SSSR count). The zero-order chi connectivity index (χ0) is 37.4. The second-order valence-corrected chi connectivity index (χ2v) is 12.6. The Kier molecular flexibility index (Phi) is 15.1. The lowest BCUT2D eigenvalue weighted by Gasteiger charge is -2.31. The highest BCUT2D eigenvalue weighted by atomic mass is 19.1. The quantitative estimate of drug-likeness (QED) is 0.126. The molecule has 14 heteroatoms. The van der Waals surface area contributed by atoms with Crippen LogP contribution in [0.5, 0.6) is 5.88 Å². The monoisotopic (exact) mass is 730 g/mol. The van der Waals surface area contributed by atoms with E-state index in [2.05, 4.69) is 22.2 Å². The molecule has 1 aliphatic rings. The van der Waals surface area contributed by atoms with Gasteiger partial charge in [-0.25, -0.2) is 14.4 Å². The summed E-state index contributed by atoms with van der Waals surface area (Å²) in [5.74, 6) is -0.0980. The molecule has 2 amide bonds. The summed E-state index contributed by atoms with van der Waals surface area (Å²) < 4.78 is 43.6. The average molecular weight is 731 g/mol. The van der Waals surface area contributed by atoms with Crippen molar-refractivity contribution in [3.8, 4) is 11.9 Å². The fraction of sp³-hybridized carbons (Fsp3) is 0.462. The van der Waals surface area contributed by atoms with Crippen molar-refractivity contribution < 1.29 is 37.7 Å². The number of rotatable bonds is 20. The number of hydrogen-bond acceptors (Lipinski definition) is 10. The van der Waals surface area contributed by atoms with E-state index < -0.39 is 5.82 Å². The van der Waals surface area contributed by atoms with Gasteiger partial charge in [0.2, 0.25) is 5.88 Å². The lowest BCUT2D eigenvalue weighted by atomic mass is 9.93. The van der Waals surface area contributed by atoms with E-state index in [4.69, 9.17) is 28.9 Å². The number of imidazole rings is 1. The second kappa shape index (κ2) is 20.3. The predicted octanol–water partition coefficient (Wildman–Crippen LogP) is 4.78. The molecule has 0 saturated carbocycles. The fourth-order valence-corrected chi connectivity index (χ4v) is 5.91. The Labute approximate surface area is 309 Å². The van der Waals surface area contributed by atoms with E-state index in [0.717, 1.165) is 18.7 Å². The Morgan fingerprint density at radius 1 is 0.906 bits per heavy atom. The number of halogens is 1. The molecule has 1 aliphatic heterocycles. The predicted molar refractivity (Wildman–Crippen MR) is 194 cm³/mol. The number of hydrogen-bond donors (Lipinski definition) is 1. The summed E-state index contributed by atoms with van der Waals surface area (Å²) in [6.07, 6.45) is 2.41. The first-order chi connectivity index (χ1) is 25.9. The van der Waals surface area contributed by atoms with E-state index in [-0.39, 0.29) is 29.9 Å². The number of aryl methyl sites for hydroxylation is 1. The van der Waals surface area contributed by atoms with E-state index in [1.165, 1.54) is 12.1 Å². The van der Waals surface area contributed by atoms with Crippen LogP contribution in [0.3, 0.4) is 0 Å². The second-order valence-electron chi connectivity index (χ2n) is 12.6. The van der Waals surface area contributed by atoms with Crippen LogP contribution >= 0.6 is 0 Å². The molecule has 3 heterocycles. The zero-order valence-corrected chi connectivity index (χ0v) is 30.4. The van der Waals surface area contributed by atoms with Crippen LogP contribution in [0.25, 0.3) is 11.0 Å². The van der Waals surface area contributed by atoms with Crippen LogP contribution in [0.4, 0.5) is 4.39 Å². The smallest absolute Gasteiger partial charge is 0.289 e. The molecule has 13 nitrogen and oxygen atoms in total. The number of nitrogens with one attached hydrogen (secondary N) is 1. The van der Waals surface area contributed by atoms with Crippen molar-refractivity contribution in [2.24, 2.45) is 7.05 Å². The fourth-order valence-electron chi connectivity index (χ4n) is 5.91. The van der Waals surface area contributed by atoms with Crippen molar-refractivity contribution >= 4 is 22.8 Å². The first kappa shape index (κ1) is 39.3. The number of aromatic nitrogens is 3. The largest absolute Gasteiger partial charge is 0.473 e. The molecule has 0 aliphatic carbocycles. The average Bonchev–Trinajstić information content (AvgIpc) is 3.52. The summed E-state index contributed by atoms with van der Waals surface area (Å²) in [7, 11) is 1.78. The van der Waals surface area contributed by atoms with Crippen LogP contribution in [-0.4, -0.2) is 104 Å². The SMILES string of the molecule is CCCOCCOCCOCCOCCNC(=O)c1ccc2nc(C(=O)N3CCC(c4cccc(OCc5ccc(C#N)cc5F)n4)CC3)n(C)c2c1. The van der Waals surface area contributed by atoms with Gasteiger partial charge in [-0.15, -0.1) is 0 Å². The Hall–Kier alpha value is -4.94. The van der Waals surface area contributed by atoms with Gasteiger partial charge >= 0.3 is 0 Å². The molecule has 53 heavy (non-hydrogen) atoms. The van der Waals surface area contributed by atoms with Gasteiger partial charge in [-0.05, 0) is 55.7 Å². The number of likely N-dealkylation sites (tertiary alicyclic amines) is 1. The van der Waals surface area contributed by atoms with Crippen LogP contribution in [0.2, 0.25) is 0 Å². The number of fused-ring (bicyclic) bond motifs is 1. The number of ether oxygens (including phenoxy) is 5. The molecular formula is C39H47FN6O7. The lowest BCUT2D eigenvalue weighted by Crippen LogP contribution is -2.39. The number of nitrogens with zero attached hydrogens (tertiary/aromatic N) is 5. The molecular weight excluding hydrogens is 683 g/mol. The number of carbonyl (C=O) groups is 2. The van der Waals surface area contributed by atoms with Crippen molar-refractivity contribution in [2.45, 2.75) is 38.7 Å². The first-order valence-corrected chi connectivity index (χ1v) is 18.0. The van der Waals surface area contributed by atoms with Gasteiger partial charge in [-0.1, -0.05) is 19.1 Å². The van der Waals surface area contributed by atoms with Crippen molar-refractivity contribution in [3.05, 3.63) is 88.6 Å². The zero-order valence-electron chi connectivity index (χ0n) is 30.4. The summed E-state index contributed by atoms with van der Waals surface area (Å²) in [6, 6.07) is 16.9. The Bertz CT molecular complexity index is 1850. The highest BCUT2D eigenvalue weighted by molar-refractivity contribution is 5.99. The first-order valence-electron chi connectivity index (χ1n) is 18.0. The van der Waals surface area contributed by atoms with Gasteiger partial charge < -0.3 is 38.5 Å². The highest BCUT2D eigenvalue weighted by Gasteiger charge is 2.28. The normalized spacial score (nSPS) is 13.3. The maximum atomic E-state index is 14.3. The minimum atomic E-state index is -0.499. The molecule has 1 saturated heterocycles. The number of amides is 2. The molecule has 1 N–H and O–H groups in total. The lowest BCUT2D eigenvalue weighted by molar-refractivity contribution is -0.00131. The van der Waals surface area contributed by atoms with Gasteiger partial charge in [-0.3, -0.25) is 9.59 Å². The molecule has 0 radical (unpaired) electrons. The number of nitriles is 1. The Morgan fingerprint density at radius 2 is 1.60 bits per heavy atom. The minimum Gasteiger partial charge on any atom is -0.473 e. The van der Waals surface area contributed by atoms with Gasteiger partial charge in [0.05, 0.1) is 68.9 Å². The third-order valence-electron chi connectivity index (χ3n) is 8.83. The third kappa shape index (κ3) is 11.3. The molecule has 0 spiro atoms. The molecule has 0 bridgehead atoms. The summed E-state index contributed by atoms with van der Waals surface area (Å²) in [4.78, 5) is 37.5. The van der Waals surface area contributed by atoms with Crippen molar-refractivity contribution in [1.29, 1.82) is 5.26 Å². The Balaban J connectivity index is 1.03. The van der Waals surface area contributed by atoms with E-state index in [1.807, 2.05) is 18.2 Å². The van der Waals surface area contributed by atoms with Crippen LogP contribution in [-0.2, 0) is 32.6 Å². The van der Waals surface area contributed by atoms with Gasteiger partial charge in [0.15, 0.2) is 5.82 Å². The minimum absolute atomic E-state index is 0.00952. The molecule has 4 aromatic rings. The molecule has 2 aromatic carbocycles. The van der Waals surface area contributed by atoms with Crippen LogP contribution in [0.1, 0.15) is 69.9 Å². The van der Waals surface area contributed by atoms with Crippen molar-refractivity contribution in [3.63, 3.8) is 0 Å². The molecule has 282 valence electrons. The van der Waals surface area contributed by atoms with Crippen molar-refractivity contribution in [1.82, 2.24) is 24.8 Å². The van der Waals surface area contributed by atoms with Crippen LogP contribution in [0, 0.1) is 17.1 Å². The van der Waals surface area contributed by atoms with E-state index >= 15 is 0 Å². The number of carbonyl (C=O) groups excluding carboxylic acids is 2. The number of benzene rings is 2. The maximum Gasteiger partial charge on any atom is 0.289 e. The van der Waals surface area contributed by atoms with Gasteiger partial charge in [0.1, 0.15) is 12.4 Å². The topological polar surface area (TPSA) is 150 Å². The number of pyridine rings is 1. The maximum absolute atomic E-state index is 14.3. The van der Waals surface area contributed by atoms with Gasteiger partial charge in [0, 0.05) is 62.1 Å². The summed E-state index contributed by atoms with van der Waals surface area (Å²) >= 11 is 0. The Morgan fingerprint density at radius 3 is 2.28 bits per heavy atom. The number of piperidine rings is 1. The van der Waals surface area contributed by atoms with Crippen LogP contribution in [0.15, 0.2) is 54.6 Å². The van der Waals surface area contributed by atoms with E-state index in [1.54, 1.807) is 46.8 Å². The highest BCUT2D eigenvalue weighted by Crippen LogP contribution is 2.29. The summed E-state index contributed by atoms with van der Waals surface area (Å²) in [5, 5.41) is 11.8. The molecule has 1 fully saturated rings.